The number of benzene rings is 3. The largest absolute Gasteiger partial charge is 0.497 e. The van der Waals surface area contributed by atoms with Gasteiger partial charge in [0, 0.05) is 41.2 Å². The molecule has 49 heavy (non-hydrogen) atoms. The third-order valence-electron chi connectivity index (χ3n) is 11.5. The lowest BCUT2D eigenvalue weighted by molar-refractivity contribution is -0.150. The molecule has 1 N–H and O–H groups in total. The molecule has 258 valence electrons. The molecule has 0 saturated carbocycles. The van der Waals surface area contributed by atoms with E-state index < -0.39 is 19.8 Å². The van der Waals surface area contributed by atoms with Crippen molar-refractivity contribution >= 4 is 58.3 Å². The molecule has 3 amide bonds. The fourth-order valence-corrected chi connectivity index (χ4v) is 13.3. The van der Waals surface area contributed by atoms with Crippen LogP contribution in [-0.4, -0.2) is 74.8 Å². The molecule has 1 spiro atoms. The van der Waals surface area contributed by atoms with E-state index in [4.69, 9.17) is 9.47 Å². The van der Waals surface area contributed by atoms with Crippen LogP contribution in [0.4, 0.5) is 11.4 Å². The third kappa shape index (κ3) is 5.62. The number of halogens is 1. The molecule has 5 atom stereocenters. The van der Waals surface area contributed by atoms with E-state index in [2.05, 4.69) is 48.1 Å². The van der Waals surface area contributed by atoms with Crippen molar-refractivity contribution in [3.8, 4) is 5.75 Å². The number of hydrogen-bond donors (Lipinski definition) is 1. The van der Waals surface area contributed by atoms with E-state index in [1.807, 2.05) is 59.5 Å². The van der Waals surface area contributed by atoms with Crippen LogP contribution in [0, 0.1) is 5.92 Å². The molecule has 3 aromatic rings. The van der Waals surface area contributed by atoms with E-state index in [1.54, 1.807) is 16.9 Å². The van der Waals surface area contributed by atoms with Crippen molar-refractivity contribution in [1.29, 1.82) is 0 Å². The smallest absolute Gasteiger partial charge is 0.264 e. The maximum atomic E-state index is 15.1. The molecule has 0 unspecified atom stereocenters. The minimum absolute atomic E-state index is 0.0375. The molecule has 0 radical (unpaired) electrons. The first-order valence-corrected chi connectivity index (χ1v) is 21.1. The van der Waals surface area contributed by atoms with Gasteiger partial charge in [0.2, 0.25) is 11.8 Å². The molecule has 9 nitrogen and oxygen atoms in total. The third-order valence-corrected chi connectivity index (χ3v) is 16.3. The van der Waals surface area contributed by atoms with Crippen LogP contribution in [0.3, 0.4) is 0 Å². The molecule has 4 heterocycles. The molecule has 3 fully saturated rings. The highest BCUT2D eigenvalue weighted by molar-refractivity contribution is 9.10. The van der Waals surface area contributed by atoms with Gasteiger partial charge in [0.05, 0.1) is 52.6 Å². The van der Waals surface area contributed by atoms with Crippen molar-refractivity contribution in [2.75, 3.05) is 36.6 Å². The number of carbonyl (C=O) groups is 3. The predicted molar refractivity (Wildman–Crippen MR) is 195 cm³/mol. The molecule has 3 aromatic carbocycles. The van der Waals surface area contributed by atoms with E-state index in [0.29, 0.717) is 26.1 Å². The summed E-state index contributed by atoms with van der Waals surface area (Å²) >= 11 is 3.68. The zero-order valence-corrected chi connectivity index (χ0v) is 31.1. The minimum atomic E-state index is -2.44. The first kappa shape index (κ1) is 34.0. The Labute approximate surface area is 297 Å². The number of nitrogens with zero attached hydrogens (tertiary/aromatic N) is 3. The highest BCUT2D eigenvalue weighted by Gasteiger charge is 2.66. The lowest BCUT2D eigenvalue weighted by Crippen LogP contribution is -2.52. The molecule has 0 aromatic heterocycles. The lowest BCUT2D eigenvalue weighted by Gasteiger charge is -2.37. The molecule has 7 rings (SSSR count). The van der Waals surface area contributed by atoms with Crippen molar-refractivity contribution in [3.63, 3.8) is 0 Å². The zero-order valence-electron chi connectivity index (χ0n) is 28.5. The summed E-state index contributed by atoms with van der Waals surface area (Å²) in [4.78, 5) is 46.7. The zero-order chi connectivity index (χ0) is 34.7. The Bertz CT molecular complexity index is 1790. The number of hydrogen-bond acceptors (Lipinski definition) is 6. The average molecular weight is 747 g/mol. The number of fused-ring (bicyclic) bond motifs is 2. The van der Waals surface area contributed by atoms with Crippen molar-refractivity contribution in [3.05, 3.63) is 82.3 Å². The Hall–Kier alpha value is -3.51. The molecule has 0 bridgehead atoms. The van der Waals surface area contributed by atoms with Gasteiger partial charge in [0.15, 0.2) is 5.60 Å². The van der Waals surface area contributed by atoms with Crippen molar-refractivity contribution < 1.29 is 29.0 Å². The van der Waals surface area contributed by atoms with E-state index in [9.17, 15) is 14.7 Å². The van der Waals surface area contributed by atoms with Gasteiger partial charge < -0.3 is 29.3 Å². The highest BCUT2D eigenvalue weighted by Crippen LogP contribution is 2.60. The number of aliphatic hydroxyl groups is 1. The van der Waals surface area contributed by atoms with E-state index in [-0.39, 0.29) is 48.3 Å². The van der Waals surface area contributed by atoms with Gasteiger partial charge in [-0.15, -0.1) is 0 Å². The quantitative estimate of drug-likeness (QED) is 0.235. The number of rotatable bonds is 9. The van der Waals surface area contributed by atoms with Gasteiger partial charge >= 0.3 is 0 Å². The second kappa shape index (κ2) is 13.0. The van der Waals surface area contributed by atoms with Crippen LogP contribution in [0.2, 0.25) is 18.6 Å². The van der Waals surface area contributed by atoms with Gasteiger partial charge in [-0.25, -0.2) is 0 Å². The van der Waals surface area contributed by atoms with Crippen LogP contribution in [0.1, 0.15) is 43.7 Å². The molecular weight excluding hydrogens is 702 g/mol. The number of ether oxygens (including phenoxy) is 2. The Morgan fingerprint density at radius 3 is 2.53 bits per heavy atom. The van der Waals surface area contributed by atoms with Gasteiger partial charge in [-0.05, 0) is 66.4 Å². The SMILES string of the molecule is COc1ccc([Si](C)(C)[C@@H]2[C@@H](CC(=O)N3CCC[C@H]3CO)O[C@]3(C(=O)N(Cc4cccc(N5CCC5=O)c4)c4ccc(Br)cc43)[C@H]2C)cc1. The second-order valence-electron chi connectivity index (χ2n) is 14.4. The molecule has 11 heteroatoms. The number of anilines is 2. The summed E-state index contributed by atoms with van der Waals surface area (Å²) in [7, 11) is -0.785. The van der Waals surface area contributed by atoms with Crippen molar-refractivity contribution in [2.24, 2.45) is 5.92 Å². The van der Waals surface area contributed by atoms with Crippen molar-refractivity contribution in [1.82, 2.24) is 4.90 Å². The number of aliphatic hydroxyl groups excluding tert-OH is 1. The van der Waals surface area contributed by atoms with Gasteiger partial charge in [0.1, 0.15) is 5.75 Å². The van der Waals surface area contributed by atoms with Gasteiger partial charge in [0.25, 0.3) is 5.91 Å². The summed E-state index contributed by atoms with van der Waals surface area (Å²) < 4.78 is 13.5. The first-order chi connectivity index (χ1) is 23.5. The van der Waals surface area contributed by atoms with Crippen molar-refractivity contribution in [2.45, 2.75) is 75.5 Å². The maximum Gasteiger partial charge on any atom is 0.264 e. The summed E-state index contributed by atoms with van der Waals surface area (Å²) in [6.45, 7) is 8.32. The molecule has 0 aliphatic carbocycles. The highest BCUT2D eigenvalue weighted by atomic mass is 79.9. The summed E-state index contributed by atoms with van der Waals surface area (Å²) in [5.74, 6) is 0.458. The number of likely N-dealkylation sites (tertiary alicyclic amines) is 1. The van der Waals surface area contributed by atoms with Crippen LogP contribution in [0.15, 0.2) is 71.2 Å². The maximum absolute atomic E-state index is 15.1. The minimum Gasteiger partial charge on any atom is -0.497 e. The molecular formula is C38H44BrN3O6Si. The topological polar surface area (TPSA) is 99.6 Å². The summed E-state index contributed by atoms with van der Waals surface area (Å²) in [5.41, 5.74) is 1.98. The number of amides is 3. The van der Waals surface area contributed by atoms with Crippen LogP contribution >= 0.6 is 15.9 Å². The van der Waals surface area contributed by atoms with Crippen LogP contribution < -0.4 is 19.7 Å². The van der Waals surface area contributed by atoms with E-state index >= 15 is 4.79 Å². The fourth-order valence-electron chi connectivity index (χ4n) is 8.88. The number of carbonyl (C=O) groups excluding carboxylic acids is 3. The van der Waals surface area contributed by atoms with E-state index in [1.165, 1.54) is 5.19 Å². The Morgan fingerprint density at radius 1 is 1.08 bits per heavy atom. The Balaban J connectivity index is 1.29. The normalized spacial score (nSPS) is 26.4. The monoisotopic (exact) mass is 745 g/mol. The van der Waals surface area contributed by atoms with Gasteiger partial charge in [-0.1, -0.05) is 65.4 Å². The van der Waals surface area contributed by atoms with Crippen LogP contribution in [0.25, 0.3) is 0 Å². The summed E-state index contributed by atoms with van der Waals surface area (Å²) in [6, 6.07) is 21.8. The van der Waals surface area contributed by atoms with Crippen LogP contribution in [-0.2, 0) is 31.3 Å². The molecule has 3 saturated heterocycles. The summed E-state index contributed by atoms with van der Waals surface area (Å²) in [6.07, 6.45) is 1.82. The molecule has 4 aliphatic heterocycles. The molecule has 4 aliphatic rings. The average Bonchev–Trinajstić information content (AvgIpc) is 3.75. The predicted octanol–water partition coefficient (Wildman–Crippen LogP) is 5.33. The lowest BCUT2D eigenvalue weighted by atomic mass is 9.82. The Morgan fingerprint density at radius 2 is 1.86 bits per heavy atom. The van der Waals surface area contributed by atoms with Gasteiger partial charge in [-0.2, -0.15) is 0 Å². The fraction of sp³-hybridized carbons (Fsp3) is 0.447. The second-order valence-corrected chi connectivity index (χ2v) is 20.0. The summed E-state index contributed by atoms with van der Waals surface area (Å²) in [5, 5.41) is 11.2. The van der Waals surface area contributed by atoms with Gasteiger partial charge in [-0.3, -0.25) is 14.4 Å². The number of β-lactam (4-membered cyclic amide) rings is 1. The van der Waals surface area contributed by atoms with Crippen LogP contribution in [0.5, 0.6) is 5.75 Å². The number of methoxy groups -OCH3 is 1. The Kier molecular flexibility index (Phi) is 9.00. The first-order valence-electron chi connectivity index (χ1n) is 17.2. The van der Waals surface area contributed by atoms with E-state index in [0.717, 1.165) is 45.6 Å². The standard InChI is InChI=1S/C38H44BrN3O6Si/c1-24-36(49(3,4)30-13-11-29(47-2)12-14-30)33(21-35(45)40-17-6-9-28(40)23-43)48-38(24)31-20-26(39)10-15-32(31)42(37(38)46)22-25-7-5-8-27(19-25)41-18-16-34(41)44/h5,7-8,10-15,19-20,24,28,33,36,43H,6,9,16-18,21-23H2,1-4H3/t24-,28-,33+,36-,38+/m0/s1.